The first kappa shape index (κ1) is 19.8. The van der Waals surface area contributed by atoms with Gasteiger partial charge in [0, 0.05) is 24.0 Å². The van der Waals surface area contributed by atoms with Gasteiger partial charge in [0.1, 0.15) is 0 Å². The quantitative estimate of drug-likeness (QED) is 0.735. The molecule has 5 heteroatoms. The minimum Gasteiger partial charge on any atom is -0.452 e. The first-order valence-corrected chi connectivity index (χ1v) is 9.09. The molecule has 0 radical (unpaired) electrons. The monoisotopic (exact) mass is 356 g/mol. The molecule has 1 N–H and O–H groups in total. The van der Waals surface area contributed by atoms with E-state index in [0.29, 0.717) is 12.1 Å². The number of hydrogen-bond donors (Lipinski definition) is 1. The largest absolute Gasteiger partial charge is 0.452 e. The zero-order valence-electron chi connectivity index (χ0n) is 16.0. The fourth-order valence-corrected chi connectivity index (χ4v) is 3.05. The van der Waals surface area contributed by atoms with Crippen molar-refractivity contribution in [1.29, 1.82) is 0 Å². The second-order valence-corrected chi connectivity index (χ2v) is 6.69. The van der Waals surface area contributed by atoms with Gasteiger partial charge >= 0.3 is 5.97 Å². The lowest BCUT2D eigenvalue weighted by molar-refractivity contribution is -0.124. The van der Waals surface area contributed by atoms with Gasteiger partial charge in [0.15, 0.2) is 6.61 Å². The van der Waals surface area contributed by atoms with E-state index in [1.54, 1.807) is 0 Å². The maximum Gasteiger partial charge on any atom is 0.340 e. The van der Waals surface area contributed by atoms with Crippen molar-refractivity contribution in [2.45, 2.75) is 53.1 Å². The standard InChI is InChI=1S/C21H28N2O3/c1-5-9-15(2)22-20(24)14-26-21(25)19-12-16(3)23(17(19)4)13-18-10-7-6-8-11-18/h6-8,10-12,15H,5,9,13-14H2,1-4H3,(H,22,24)/t15-/m0/s1. The topological polar surface area (TPSA) is 60.3 Å². The van der Waals surface area contributed by atoms with E-state index < -0.39 is 5.97 Å². The van der Waals surface area contributed by atoms with Gasteiger partial charge in [-0.3, -0.25) is 4.79 Å². The molecule has 26 heavy (non-hydrogen) atoms. The van der Waals surface area contributed by atoms with Crippen LogP contribution in [0.25, 0.3) is 0 Å². The molecule has 0 saturated carbocycles. The van der Waals surface area contributed by atoms with Crippen LogP contribution in [0.1, 0.15) is 54.0 Å². The third kappa shape index (κ3) is 5.22. The predicted molar refractivity (Wildman–Crippen MR) is 102 cm³/mol. The van der Waals surface area contributed by atoms with Gasteiger partial charge in [-0.25, -0.2) is 4.79 Å². The van der Waals surface area contributed by atoms with E-state index in [4.69, 9.17) is 4.74 Å². The molecule has 5 nitrogen and oxygen atoms in total. The summed E-state index contributed by atoms with van der Waals surface area (Å²) in [5.74, 6) is -0.729. The molecule has 1 heterocycles. The Balaban J connectivity index is 1.99. The van der Waals surface area contributed by atoms with Crippen LogP contribution in [0.2, 0.25) is 0 Å². The maximum absolute atomic E-state index is 12.4. The number of rotatable bonds is 8. The summed E-state index contributed by atoms with van der Waals surface area (Å²) in [6.45, 7) is 8.31. The van der Waals surface area contributed by atoms with Gasteiger partial charge in [-0.05, 0) is 38.8 Å². The summed E-state index contributed by atoms with van der Waals surface area (Å²) < 4.78 is 7.28. The molecular formula is C21H28N2O3. The number of carbonyl (C=O) groups is 2. The molecule has 140 valence electrons. The fraction of sp³-hybridized carbons (Fsp3) is 0.429. The molecule has 2 aromatic rings. The molecule has 1 amide bonds. The molecular weight excluding hydrogens is 328 g/mol. The molecule has 0 aliphatic carbocycles. The van der Waals surface area contributed by atoms with Gasteiger partial charge in [0.2, 0.25) is 0 Å². The van der Waals surface area contributed by atoms with Crippen LogP contribution in [0.15, 0.2) is 36.4 Å². The van der Waals surface area contributed by atoms with Crippen LogP contribution < -0.4 is 5.32 Å². The number of ether oxygens (including phenoxy) is 1. The van der Waals surface area contributed by atoms with E-state index in [9.17, 15) is 9.59 Å². The molecule has 1 aromatic heterocycles. The Hall–Kier alpha value is -2.56. The highest BCUT2D eigenvalue weighted by atomic mass is 16.5. The van der Waals surface area contributed by atoms with Crippen molar-refractivity contribution in [2.24, 2.45) is 0 Å². The van der Waals surface area contributed by atoms with E-state index in [-0.39, 0.29) is 18.6 Å². The van der Waals surface area contributed by atoms with Crippen molar-refractivity contribution in [1.82, 2.24) is 9.88 Å². The third-order valence-corrected chi connectivity index (χ3v) is 4.44. The van der Waals surface area contributed by atoms with Crippen molar-refractivity contribution in [3.63, 3.8) is 0 Å². The number of amides is 1. The highest BCUT2D eigenvalue weighted by Gasteiger charge is 2.18. The number of aryl methyl sites for hydroxylation is 1. The highest BCUT2D eigenvalue weighted by Crippen LogP contribution is 2.18. The Morgan fingerprint density at radius 3 is 2.54 bits per heavy atom. The van der Waals surface area contributed by atoms with Gasteiger partial charge in [0.25, 0.3) is 5.91 Å². The number of hydrogen-bond acceptors (Lipinski definition) is 3. The lowest BCUT2D eigenvalue weighted by atomic mass is 10.2. The number of esters is 1. The second kappa shape index (κ2) is 9.22. The van der Waals surface area contributed by atoms with Crippen molar-refractivity contribution < 1.29 is 14.3 Å². The van der Waals surface area contributed by atoms with Crippen molar-refractivity contribution >= 4 is 11.9 Å². The molecule has 0 bridgehead atoms. The van der Waals surface area contributed by atoms with E-state index >= 15 is 0 Å². The van der Waals surface area contributed by atoms with Crippen LogP contribution in [0.5, 0.6) is 0 Å². The smallest absolute Gasteiger partial charge is 0.340 e. The Bertz CT molecular complexity index is 750. The average molecular weight is 356 g/mol. The minimum absolute atomic E-state index is 0.0853. The SMILES string of the molecule is CCC[C@H](C)NC(=O)COC(=O)c1cc(C)n(Cc2ccccc2)c1C. The Morgan fingerprint density at radius 1 is 1.19 bits per heavy atom. The molecule has 0 aliphatic heterocycles. The zero-order valence-corrected chi connectivity index (χ0v) is 16.0. The minimum atomic E-state index is -0.462. The molecule has 0 unspecified atom stereocenters. The summed E-state index contributed by atoms with van der Waals surface area (Å²) in [7, 11) is 0. The first-order valence-electron chi connectivity index (χ1n) is 9.09. The number of nitrogens with one attached hydrogen (secondary N) is 1. The molecule has 1 atom stereocenters. The molecule has 2 rings (SSSR count). The van der Waals surface area contributed by atoms with Crippen molar-refractivity contribution in [2.75, 3.05) is 6.61 Å². The van der Waals surface area contributed by atoms with Crippen LogP contribution in [0, 0.1) is 13.8 Å². The van der Waals surface area contributed by atoms with Crippen LogP contribution in [-0.2, 0) is 16.1 Å². The van der Waals surface area contributed by atoms with Crippen LogP contribution in [0.3, 0.4) is 0 Å². The lowest BCUT2D eigenvalue weighted by Gasteiger charge is -2.13. The van der Waals surface area contributed by atoms with Gasteiger partial charge in [0.05, 0.1) is 5.56 Å². The summed E-state index contributed by atoms with van der Waals surface area (Å²) in [6.07, 6.45) is 1.90. The van der Waals surface area contributed by atoms with E-state index in [1.165, 1.54) is 5.56 Å². The molecule has 0 aliphatic rings. The normalized spacial score (nSPS) is 11.8. The molecule has 0 saturated heterocycles. The number of benzene rings is 1. The summed E-state index contributed by atoms with van der Waals surface area (Å²) >= 11 is 0. The fourth-order valence-electron chi connectivity index (χ4n) is 3.05. The number of nitrogens with zero attached hydrogens (tertiary/aromatic N) is 1. The molecule has 0 fully saturated rings. The number of carbonyl (C=O) groups excluding carboxylic acids is 2. The lowest BCUT2D eigenvalue weighted by Crippen LogP contribution is -2.35. The first-order chi connectivity index (χ1) is 12.4. The Kier molecular flexibility index (Phi) is 7.01. The Labute approximate surface area is 155 Å². The summed E-state index contributed by atoms with van der Waals surface area (Å²) in [6, 6.07) is 12.0. The van der Waals surface area contributed by atoms with Gasteiger partial charge < -0.3 is 14.6 Å². The number of aromatic nitrogens is 1. The van der Waals surface area contributed by atoms with E-state index in [2.05, 4.69) is 28.9 Å². The van der Waals surface area contributed by atoms with Crippen LogP contribution in [-0.4, -0.2) is 29.1 Å². The second-order valence-electron chi connectivity index (χ2n) is 6.69. The average Bonchev–Trinajstić information content (AvgIpc) is 2.89. The van der Waals surface area contributed by atoms with Gasteiger partial charge in [-0.1, -0.05) is 43.7 Å². The van der Waals surface area contributed by atoms with Gasteiger partial charge in [-0.2, -0.15) is 0 Å². The summed E-state index contributed by atoms with van der Waals surface area (Å²) in [5.41, 5.74) is 3.50. The van der Waals surface area contributed by atoms with Crippen molar-refractivity contribution in [3.8, 4) is 0 Å². The van der Waals surface area contributed by atoms with Crippen LogP contribution >= 0.6 is 0 Å². The van der Waals surface area contributed by atoms with Crippen molar-refractivity contribution in [3.05, 3.63) is 58.9 Å². The Morgan fingerprint density at radius 2 is 1.88 bits per heavy atom. The summed E-state index contributed by atoms with van der Waals surface area (Å²) in [4.78, 5) is 24.3. The van der Waals surface area contributed by atoms with E-state index in [1.807, 2.05) is 45.0 Å². The summed E-state index contributed by atoms with van der Waals surface area (Å²) in [5, 5.41) is 2.83. The molecule has 0 spiro atoms. The third-order valence-electron chi connectivity index (χ3n) is 4.44. The predicted octanol–water partition coefficient (Wildman–Crippen LogP) is 3.61. The van der Waals surface area contributed by atoms with Crippen LogP contribution in [0.4, 0.5) is 0 Å². The maximum atomic E-state index is 12.4. The highest BCUT2D eigenvalue weighted by molar-refractivity contribution is 5.92. The zero-order chi connectivity index (χ0) is 19.1. The van der Waals surface area contributed by atoms with E-state index in [0.717, 1.165) is 24.2 Å². The molecule has 1 aromatic carbocycles. The van der Waals surface area contributed by atoms with Gasteiger partial charge in [-0.15, -0.1) is 0 Å².